The van der Waals surface area contributed by atoms with Gasteiger partial charge in [0.1, 0.15) is 0 Å². The molecule has 1 aromatic rings. The first-order chi connectivity index (χ1) is 8.87. The molecule has 1 amide bonds. The molecule has 1 aliphatic heterocycles. The average molecular weight is 385 g/mol. The van der Waals surface area contributed by atoms with Crippen molar-refractivity contribution in [2.24, 2.45) is 0 Å². The number of amides is 1. The van der Waals surface area contributed by atoms with E-state index in [4.69, 9.17) is 0 Å². The van der Waals surface area contributed by atoms with Gasteiger partial charge in [0.25, 0.3) is 0 Å². The van der Waals surface area contributed by atoms with Crippen LogP contribution < -0.4 is 4.90 Å². The fourth-order valence-corrected chi connectivity index (χ4v) is 2.58. The van der Waals surface area contributed by atoms with Crippen molar-refractivity contribution in [3.05, 3.63) is 27.3 Å². The summed E-state index contributed by atoms with van der Waals surface area (Å²) in [6.45, 7) is -0.646. The molecule has 0 saturated heterocycles. The van der Waals surface area contributed by atoms with Gasteiger partial charge in [0.15, 0.2) is 0 Å². The second-order valence-electron chi connectivity index (χ2n) is 4.11. The zero-order valence-electron chi connectivity index (χ0n) is 9.84. The van der Waals surface area contributed by atoms with Gasteiger partial charge in [-0.3, -0.25) is 9.53 Å². The standard InChI is InChI=1S/C12H11F3INO2/c13-12(14,15)19-6-5-17-10-3-2-9(16)7-8(10)1-4-11(17)18/h2-3,7H,1,4-6H2. The number of fused-ring (bicyclic) bond motifs is 1. The fourth-order valence-electron chi connectivity index (χ4n) is 2.03. The largest absolute Gasteiger partial charge is 0.522 e. The number of hydrogen-bond donors (Lipinski definition) is 0. The van der Waals surface area contributed by atoms with Gasteiger partial charge < -0.3 is 4.90 Å². The van der Waals surface area contributed by atoms with Gasteiger partial charge in [-0.15, -0.1) is 13.2 Å². The molecule has 0 atom stereocenters. The Balaban J connectivity index is 2.10. The van der Waals surface area contributed by atoms with Gasteiger partial charge in [-0.1, -0.05) is 0 Å². The first kappa shape index (κ1) is 14.6. The van der Waals surface area contributed by atoms with Gasteiger partial charge >= 0.3 is 6.36 Å². The Labute approximate surface area is 121 Å². The summed E-state index contributed by atoms with van der Waals surface area (Å²) in [7, 11) is 0. The number of aryl methyl sites for hydroxylation is 1. The molecule has 0 N–H and O–H groups in total. The van der Waals surface area contributed by atoms with Gasteiger partial charge in [0.2, 0.25) is 5.91 Å². The third-order valence-corrected chi connectivity index (χ3v) is 3.49. The number of halogens is 4. The molecule has 0 saturated carbocycles. The van der Waals surface area contributed by atoms with E-state index >= 15 is 0 Å². The molecular formula is C12H11F3INO2. The lowest BCUT2D eigenvalue weighted by Crippen LogP contribution is -2.38. The number of nitrogens with zero attached hydrogens (tertiary/aromatic N) is 1. The molecule has 0 unspecified atom stereocenters. The Morgan fingerprint density at radius 3 is 2.74 bits per heavy atom. The van der Waals surface area contributed by atoms with Crippen LogP contribution in [-0.4, -0.2) is 25.4 Å². The van der Waals surface area contributed by atoms with Crippen LogP contribution in [0.15, 0.2) is 18.2 Å². The predicted octanol–water partition coefficient (Wildman–Crippen LogP) is 3.11. The van der Waals surface area contributed by atoms with Gasteiger partial charge in [-0.25, -0.2) is 0 Å². The van der Waals surface area contributed by atoms with Crippen molar-refractivity contribution in [1.29, 1.82) is 0 Å². The lowest BCUT2D eigenvalue weighted by atomic mass is 10.0. The minimum Gasteiger partial charge on any atom is -0.310 e. The second kappa shape index (κ2) is 5.66. The zero-order chi connectivity index (χ0) is 14.0. The van der Waals surface area contributed by atoms with Crippen molar-refractivity contribution in [2.75, 3.05) is 18.1 Å². The molecule has 0 aliphatic carbocycles. The Hall–Kier alpha value is -0.830. The third kappa shape index (κ3) is 3.82. The van der Waals surface area contributed by atoms with E-state index in [1.54, 1.807) is 6.07 Å². The molecule has 1 heterocycles. The highest BCUT2D eigenvalue weighted by Gasteiger charge is 2.30. The van der Waals surface area contributed by atoms with Crippen molar-refractivity contribution in [1.82, 2.24) is 0 Å². The maximum atomic E-state index is 11.9. The van der Waals surface area contributed by atoms with Crippen molar-refractivity contribution in [3.63, 3.8) is 0 Å². The van der Waals surface area contributed by atoms with Gasteiger partial charge in [-0.05, 0) is 52.8 Å². The number of benzene rings is 1. The minimum absolute atomic E-state index is 0.0913. The fraction of sp³-hybridized carbons (Fsp3) is 0.417. The molecule has 0 spiro atoms. The lowest BCUT2D eigenvalue weighted by Gasteiger charge is -2.29. The molecule has 1 aliphatic rings. The molecule has 104 valence electrons. The van der Waals surface area contributed by atoms with E-state index in [2.05, 4.69) is 27.3 Å². The van der Waals surface area contributed by atoms with Crippen LogP contribution in [-0.2, 0) is 16.0 Å². The second-order valence-corrected chi connectivity index (χ2v) is 5.36. The van der Waals surface area contributed by atoms with E-state index in [-0.39, 0.29) is 12.5 Å². The van der Waals surface area contributed by atoms with Crippen LogP contribution in [0.25, 0.3) is 0 Å². The van der Waals surface area contributed by atoms with E-state index < -0.39 is 13.0 Å². The van der Waals surface area contributed by atoms with Crippen LogP contribution in [0.3, 0.4) is 0 Å². The number of hydrogen-bond acceptors (Lipinski definition) is 2. The SMILES string of the molecule is O=C1CCc2cc(I)ccc2N1CCOC(F)(F)F. The summed E-state index contributed by atoms with van der Waals surface area (Å²) in [6.07, 6.45) is -3.71. The number of rotatable bonds is 3. The molecule has 0 bridgehead atoms. The van der Waals surface area contributed by atoms with Crippen molar-refractivity contribution < 1.29 is 22.7 Å². The molecule has 3 nitrogen and oxygen atoms in total. The lowest BCUT2D eigenvalue weighted by molar-refractivity contribution is -0.323. The Bertz CT molecular complexity index is 490. The molecular weight excluding hydrogens is 374 g/mol. The molecule has 7 heteroatoms. The van der Waals surface area contributed by atoms with E-state index in [9.17, 15) is 18.0 Å². The third-order valence-electron chi connectivity index (χ3n) is 2.82. The van der Waals surface area contributed by atoms with Crippen molar-refractivity contribution in [2.45, 2.75) is 19.2 Å². The van der Waals surface area contributed by atoms with Crippen molar-refractivity contribution >= 4 is 34.2 Å². The van der Waals surface area contributed by atoms with E-state index in [0.29, 0.717) is 18.5 Å². The minimum atomic E-state index is -4.66. The van der Waals surface area contributed by atoms with Gasteiger partial charge in [-0.2, -0.15) is 0 Å². The average Bonchev–Trinajstić information content (AvgIpc) is 2.30. The topological polar surface area (TPSA) is 29.5 Å². The first-order valence-corrected chi connectivity index (χ1v) is 6.74. The van der Waals surface area contributed by atoms with Crippen LogP contribution in [0.1, 0.15) is 12.0 Å². The zero-order valence-corrected chi connectivity index (χ0v) is 12.0. The normalized spacial score (nSPS) is 15.6. The highest BCUT2D eigenvalue weighted by Crippen LogP contribution is 2.29. The van der Waals surface area contributed by atoms with Crippen LogP contribution in [0.2, 0.25) is 0 Å². The van der Waals surface area contributed by atoms with E-state index in [1.807, 2.05) is 12.1 Å². The highest BCUT2D eigenvalue weighted by molar-refractivity contribution is 14.1. The smallest absolute Gasteiger partial charge is 0.310 e. The van der Waals surface area contributed by atoms with Crippen LogP contribution in [0.4, 0.5) is 18.9 Å². The Kier molecular flexibility index (Phi) is 4.34. The van der Waals surface area contributed by atoms with Crippen LogP contribution >= 0.6 is 22.6 Å². The van der Waals surface area contributed by atoms with Gasteiger partial charge in [0, 0.05) is 22.2 Å². The highest BCUT2D eigenvalue weighted by atomic mass is 127. The summed E-state index contributed by atoms with van der Waals surface area (Å²) < 4.78 is 40.6. The maximum absolute atomic E-state index is 11.9. The summed E-state index contributed by atoms with van der Waals surface area (Å²) >= 11 is 2.16. The van der Waals surface area contributed by atoms with Crippen molar-refractivity contribution in [3.8, 4) is 0 Å². The maximum Gasteiger partial charge on any atom is 0.522 e. The monoisotopic (exact) mass is 385 g/mol. The molecule has 19 heavy (non-hydrogen) atoms. The number of carbonyl (C=O) groups is 1. The Morgan fingerprint density at radius 1 is 1.32 bits per heavy atom. The quantitative estimate of drug-likeness (QED) is 0.749. The summed E-state index contributed by atoms with van der Waals surface area (Å²) in [6, 6.07) is 5.54. The van der Waals surface area contributed by atoms with Crippen LogP contribution in [0.5, 0.6) is 0 Å². The molecule has 1 aromatic carbocycles. The molecule has 2 rings (SSSR count). The summed E-state index contributed by atoms with van der Waals surface area (Å²) in [4.78, 5) is 13.1. The number of carbonyl (C=O) groups excluding carboxylic acids is 1. The number of ether oxygens (including phenoxy) is 1. The van der Waals surface area contributed by atoms with E-state index in [0.717, 1.165) is 9.13 Å². The number of anilines is 1. The molecule has 0 radical (unpaired) electrons. The molecule has 0 fully saturated rings. The Morgan fingerprint density at radius 2 is 2.05 bits per heavy atom. The summed E-state index contributed by atoms with van der Waals surface area (Å²) in [5, 5.41) is 0. The predicted molar refractivity (Wildman–Crippen MR) is 71.8 cm³/mol. The molecule has 0 aromatic heterocycles. The summed E-state index contributed by atoms with van der Waals surface area (Å²) in [5.74, 6) is -0.167. The summed E-state index contributed by atoms with van der Waals surface area (Å²) in [5.41, 5.74) is 1.67. The van der Waals surface area contributed by atoms with Crippen LogP contribution in [0, 0.1) is 3.57 Å². The first-order valence-electron chi connectivity index (χ1n) is 5.66. The van der Waals surface area contributed by atoms with E-state index in [1.165, 1.54) is 4.90 Å². The van der Waals surface area contributed by atoms with Gasteiger partial charge in [0.05, 0.1) is 6.61 Å². The number of alkyl halides is 3.